The van der Waals surface area contributed by atoms with Gasteiger partial charge in [0.2, 0.25) is 0 Å². The molecule has 0 spiro atoms. The zero-order valence-corrected chi connectivity index (χ0v) is 14.2. The van der Waals surface area contributed by atoms with Crippen molar-refractivity contribution in [3.63, 3.8) is 0 Å². The van der Waals surface area contributed by atoms with Crippen LogP contribution in [0.3, 0.4) is 0 Å². The standard InChI is InChI=1S/C19H24S2/c1(2-10-16-20-18-12-6-4-7-13-18)3-11-17-21-19-14-8-5-9-15-19/h4-9,12-15H,1-3,10-11,16-17H2. The summed E-state index contributed by atoms with van der Waals surface area (Å²) in [6, 6.07) is 21.4. The molecule has 0 aromatic heterocycles. The second kappa shape index (κ2) is 10.8. The smallest absolute Gasteiger partial charge is 0.00719 e. The van der Waals surface area contributed by atoms with E-state index in [1.165, 1.54) is 53.4 Å². The summed E-state index contributed by atoms with van der Waals surface area (Å²) in [5.74, 6) is 2.51. The van der Waals surface area contributed by atoms with Gasteiger partial charge in [-0.25, -0.2) is 0 Å². The third kappa shape index (κ3) is 7.63. The van der Waals surface area contributed by atoms with Gasteiger partial charge in [-0.2, -0.15) is 0 Å². The van der Waals surface area contributed by atoms with Crippen LogP contribution in [0.4, 0.5) is 0 Å². The molecular formula is C19H24S2. The Morgan fingerprint density at radius 3 is 1.29 bits per heavy atom. The van der Waals surface area contributed by atoms with Crippen LogP contribution in [0.5, 0.6) is 0 Å². The molecule has 0 nitrogen and oxygen atoms in total. The second-order valence-corrected chi connectivity index (χ2v) is 7.43. The number of hydrogen-bond donors (Lipinski definition) is 0. The summed E-state index contributed by atoms with van der Waals surface area (Å²) < 4.78 is 0. The van der Waals surface area contributed by atoms with Crippen molar-refractivity contribution in [1.82, 2.24) is 0 Å². The molecule has 0 N–H and O–H groups in total. The van der Waals surface area contributed by atoms with Gasteiger partial charge >= 0.3 is 0 Å². The first kappa shape index (κ1) is 16.5. The van der Waals surface area contributed by atoms with Gasteiger partial charge < -0.3 is 0 Å². The molecule has 112 valence electrons. The van der Waals surface area contributed by atoms with Crippen LogP contribution in [0.25, 0.3) is 0 Å². The molecule has 0 aliphatic heterocycles. The van der Waals surface area contributed by atoms with E-state index in [1.807, 2.05) is 23.5 Å². The topological polar surface area (TPSA) is 0 Å². The molecule has 0 amide bonds. The predicted molar refractivity (Wildman–Crippen MR) is 97.4 cm³/mol. The van der Waals surface area contributed by atoms with Gasteiger partial charge in [-0.3, -0.25) is 0 Å². The predicted octanol–water partition coefficient (Wildman–Crippen LogP) is 6.52. The summed E-state index contributed by atoms with van der Waals surface area (Å²) in [4.78, 5) is 2.80. The highest BCUT2D eigenvalue weighted by atomic mass is 32.2. The number of hydrogen-bond acceptors (Lipinski definition) is 2. The van der Waals surface area contributed by atoms with Crippen LogP contribution in [0.1, 0.15) is 32.1 Å². The van der Waals surface area contributed by atoms with Crippen LogP contribution in [0, 0.1) is 0 Å². The van der Waals surface area contributed by atoms with Crippen molar-refractivity contribution < 1.29 is 0 Å². The van der Waals surface area contributed by atoms with E-state index < -0.39 is 0 Å². The Morgan fingerprint density at radius 2 is 0.857 bits per heavy atom. The van der Waals surface area contributed by atoms with E-state index in [0.717, 1.165) is 0 Å². The van der Waals surface area contributed by atoms with Gasteiger partial charge in [0.15, 0.2) is 0 Å². The summed E-state index contributed by atoms with van der Waals surface area (Å²) in [7, 11) is 0. The highest BCUT2D eigenvalue weighted by Crippen LogP contribution is 2.21. The summed E-state index contributed by atoms with van der Waals surface area (Å²) >= 11 is 3.96. The first-order valence-electron chi connectivity index (χ1n) is 7.81. The fraction of sp³-hybridized carbons (Fsp3) is 0.368. The van der Waals surface area contributed by atoms with Crippen molar-refractivity contribution in [3.8, 4) is 0 Å². The Bertz CT molecular complexity index is 422. The lowest BCUT2D eigenvalue weighted by molar-refractivity contribution is 0.662. The van der Waals surface area contributed by atoms with Crippen molar-refractivity contribution in [3.05, 3.63) is 60.7 Å². The summed E-state index contributed by atoms with van der Waals surface area (Å²) in [6.07, 6.45) is 6.80. The Balaban J connectivity index is 1.40. The molecule has 0 saturated carbocycles. The molecule has 2 aromatic carbocycles. The molecule has 0 aliphatic rings. The molecule has 21 heavy (non-hydrogen) atoms. The summed E-state index contributed by atoms with van der Waals surface area (Å²) in [5, 5.41) is 0. The fourth-order valence-electron chi connectivity index (χ4n) is 2.15. The Labute approximate surface area is 137 Å². The Kier molecular flexibility index (Phi) is 8.50. The van der Waals surface area contributed by atoms with Gasteiger partial charge in [-0.15, -0.1) is 23.5 Å². The Hall–Kier alpha value is -0.860. The van der Waals surface area contributed by atoms with Gasteiger partial charge in [0, 0.05) is 9.79 Å². The lowest BCUT2D eigenvalue weighted by Gasteiger charge is -2.03. The minimum absolute atomic E-state index is 1.25. The van der Waals surface area contributed by atoms with E-state index in [4.69, 9.17) is 0 Å². The molecule has 2 rings (SSSR count). The van der Waals surface area contributed by atoms with Crippen LogP contribution < -0.4 is 0 Å². The van der Waals surface area contributed by atoms with Gasteiger partial charge in [0.05, 0.1) is 0 Å². The van der Waals surface area contributed by atoms with Crippen LogP contribution >= 0.6 is 23.5 Å². The van der Waals surface area contributed by atoms with Crippen LogP contribution in [0.15, 0.2) is 70.5 Å². The third-order valence-corrected chi connectivity index (χ3v) is 5.51. The third-order valence-electron chi connectivity index (χ3n) is 3.31. The molecule has 0 saturated heterocycles. The first-order chi connectivity index (χ1) is 10.4. The molecule has 0 radical (unpaired) electrons. The van der Waals surface area contributed by atoms with E-state index >= 15 is 0 Å². The van der Waals surface area contributed by atoms with Crippen molar-refractivity contribution in [2.45, 2.75) is 41.9 Å². The Morgan fingerprint density at radius 1 is 0.476 bits per heavy atom. The second-order valence-electron chi connectivity index (χ2n) is 5.09. The number of benzene rings is 2. The maximum Gasteiger partial charge on any atom is 0.00719 e. The lowest BCUT2D eigenvalue weighted by Crippen LogP contribution is -1.84. The quantitative estimate of drug-likeness (QED) is 0.361. The molecule has 0 aliphatic carbocycles. The molecular weight excluding hydrogens is 292 g/mol. The highest BCUT2D eigenvalue weighted by Gasteiger charge is 1.95. The lowest BCUT2D eigenvalue weighted by atomic mass is 10.2. The van der Waals surface area contributed by atoms with Crippen LogP contribution in [-0.2, 0) is 0 Å². The monoisotopic (exact) mass is 316 g/mol. The average Bonchev–Trinajstić information content (AvgIpc) is 2.55. The van der Waals surface area contributed by atoms with E-state index in [0.29, 0.717) is 0 Å². The fourth-order valence-corrected chi connectivity index (χ4v) is 4.02. The van der Waals surface area contributed by atoms with Crippen LogP contribution in [0.2, 0.25) is 0 Å². The number of unbranched alkanes of at least 4 members (excludes halogenated alkanes) is 4. The van der Waals surface area contributed by atoms with Gasteiger partial charge in [-0.1, -0.05) is 55.7 Å². The molecule has 0 fully saturated rings. The first-order valence-corrected chi connectivity index (χ1v) is 9.78. The highest BCUT2D eigenvalue weighted by molar-refractivity contribution is 7.99. The van der Waals surface area contributed by atoms with Crippen molar-refractivity contribution in [2.24, 2.45) is 0 Å². The maximum atomic E-state index is 2.20. The van der Waals surface area contributed by atoms with Gasteiger partial charge in [-0.05, 0) is 48.6 Å². The van der Waals surface area contributed by atoms with E-state index in [2.05, 4.69) is 60.7 Å². The van der Waals surface area contributed by atoms with E-state index in [1.54, 1.807) is 0 Å². The van der Waals surface area contributed by atoms with E-state index in [-0.39, 0.29) is 0 Å². The normalized spacial score (nSPS) is 10.7. The largest absolute Gasteiger partial charge is 0.126 e. The van der Waals surface area contributed by atoms with Crippen molar-refractivity contribution in [2.75, 3.05) is 11.5 Å². The zero-order valence-electron chi connectivity index (χ0n) is 12.5. The molecule has 0 bridgehead atoms. The minimum Gasteiger partial charge on any atom is -0.126 e. The molecule has 0 unspecified atom stereocenters. The van der Waals surface area contributed by atoms with Crippen molar-refractivity contribution in [1.29, 1.82) is 0 Å². The molecule has 2 aromatic rings. The summed E-state index contributed by atoms with van der Waals surface area (Å²) in [6.45, 7) is 0. The van der Waals surface area contributed by atoms with Gasteiger partial charge in [0.25, 0.3) is 0 Å². The number of thioether (sulfide) groups is 2. The van der Waals surface area contributed by atoms with Gasteiger partial charge in [0.1, 0.15) is 0 Å². The molecule has 0 atom stereocenters. The minimum atomic E-state index is 1.25. The van der Waals surface area contributed by atoms with E-state index in [9.17, 15) is 0 Å². The summed E-state index contributed by atoms with van der Waals surface area (Å²) in [5.41, 5.74) is 0. The SMILES string of the molecule is c1ccc(SCCCCCCCSc2ccccc2)cc1. The maximum absolute atomic E-state index is 2.20. The number of rotatable bonds is 10. The zero-order chi connectivity index (χ0) is 14.6. The average molecular weight is 317 g/mol. The molecule has 0 heterocycles. The molecule has 2 heteroatoms. The van der Waals surface area contributed by atoms with Crippen LogP contribution in [-0.4, -0.2) is 11.5 Å². The van der Waals surface area contributed by atoms with Crippen molar-refractivity contribution >= 4 is 23.5 Å².